The molecule has 1 aromatic rings. The number of rotatable bonds is 3. The molecule has 94 valence electrons. The van der Waals surface area contributed by atoms with Gasteiger partial charge < -0.3 is 19.0 Å². The number of aliphatic hydroxyl groups excluding tert-OH is 1. The van der Waals surface area contributed by atoms with Crippen LogP contribution in [0.2, 0.25) is 0 Å². The van der Waals surface area contributed by atoms with Crippen molar-refractivity contribution in [1.29, 1.82) is 0 Å². The quantitative estimate of drug-likeness (QED) is 0.811. The fourth-order valence-corrected chi connectivity index (χ4v) is 1.97. The Labute approximate surface area is 99.3 Å². The van der Waals surface area contributed by atoms with Crippen LogP contribution in [0.5, 0.6) is 0 Å². The van der Waals surface area contributed by atoms with Crippen molar-refractivity contribution in [2.75, 3.05) is 20.3 Å². The summed E-state index contributed by atoms with van der Waals surface area (Å²) in [6.45, 7) is 1.27. The smallest absolute Gasteiger partial charge is 0.373 e. The maximum atomic E-state index is 11.2. The maximum Gasteiger partial charge on any atom is 0.373 e. The number of methoxy groups -OCH3 is 1. The van der Waals surface area contributed by atoms with Gasteiger partial charge in [-0.3, -0.25) is 0 Å². The van der Waals surface area contributed by atoms with E-state index in [1.54, 1.807) is 6.07 Å². The van der Waals surface area contributed by atoms with E-state index in [1.165, 1.54) is 13.2 Å². The molecule has 0 aromatic carbocycles. The van der Waals surface area contributed by atoms with E-state index in [-0.39, 0.29) is 11.7 Å². The van der Waals surface area contributed by atoms with E-state index in [1.807, 2.05) is 0 Å². The van der Waals surface area contributed by atoms with Crippen LogP contribution in [0, 0.1) is 5.92 Å². The van der Waals surface area contributed by atoms with Gasteiger partial charge in [-0.25, -0.2) is 4.79 Å². The number of furan rings is 1. The molecule has 0 spiro atoms. The van der Waals surface area contributed by atoms with E-state index in [9.17, 15) is 9.90 Å². The fourth-order valence-electron chi connectivity index (χ4n) is 1.97. The number of esters is 1. The third kappa shape index (κ3) is 2.68. The lowest BCUT2D eigenvalue weighted by Gasteiger charge is -2.25. The Morgan fingerprint density at radius 3 is 3.06 bits per heavy atom. The Morgan fingerprint density at radius 1 is 1.59 bits per heavy atom. The summed E-state index contributed by atoms with van der Waals surface area (Å²) in [6.07, 6.45) is 1.11. The molecule has 1 N–H and O–H groups in total. The average Bonchev–Trinajstić information content (AvgIpc) is 2.87. The summed E-state index contributed by atoms with van der Waals surface area (Å²) in [4.78, 5) is 11.2. The van der Waals surface area contributed by atoms with Crippen molar-refractivity contribution in [3.05, 3.63) is 23.7 Å². The SMILES string of the molecule is COC(=O)c1ccc(C(O)C2CCCOC2)o1. The van der Waals surface area contributed by atoms with Crippen LogP contribution < -0.4 is 0 Å². The molecule has 1 aliphatic rings. The molecule has 1 aromatic heterocycles. The fraction of sp³-hybridized carbons (Fsp3) is 0.583. The summed E-state index contributed by atoms with van der Waals surface area (Å²) in [5.41, 5.74) is 0. The molecule has 5 nitrogen and oxygen atoms in total. The van der Waals surface area contributed by atoms with Gasteiger partial charge in [0.05, 0.1) is 13.7 Å². The highest BCUT2D eigenvalue weighted by Gasteiger charge is 2.26. The van der Waals surface area contributed by atoms with Crippen LogP contribution in [-0.4, -0.2) is 31.4 Å². The van der Waals surface area contributed by atoms with Crippen molar-refractivity contribution in [3.8, 4) is 0 Å². The number of hydrogen-bond acceptors (Lipinski definition) is 5. The minimum Gasteiger partial charge on any atom is -0.463 e. The van der Waals surface area contributed by atoms with E-state index < -0.39 is 12.1 Å². The summed E-state index contributed by atoms with van der Waals surface area (Å²) in [5.74, 6) is -0.0112. The van der Waals surface area contributed by atoms with Crippen LogP contribution in [0.3, 0.4) is 0 Å². The Hall–Kier alpha value is -1.33. The van der Waals surface area contributed by atoms with Gasteiger partial charge in [0.15, 0.2) is 0 Å². The van der Waals surface area contributed by atoms with Crippen molar-refractivity contribution in [2.24, 2.45) is 5.92 Å². The van der Waals surface area contributed by atoms with Gasteiger partial charge in [-0.1, -0.05) is 0 Å². The van der Waals surface area contributed by atoms with Crippen LogP contribution in [0.25, 0.3) is 0 Å². The molecule has 1 aliphatic heterocycles. The Morgan fingerprint density at radius 2 is 2.41 bits per heavy atom. The molecular weight excluding hydrogens is 224 g/mol. The first-order valence-corrected chi connectivity index (χ1v) is 5.66. The first kappa shape index (κ1) is 12.1. The van der Waals surface area contributed by atoms with Gasteiger partial charge in [-0.2, -0.15) is 0 Å². The monoisotopic (exact) mass is 240 g/mol. The van der Waals surface area contributed by atoms with Crippen LogP contribution >= 0.6 is 0 Å². The summed E-state index contributed by atoms with van der Waals surface area (Å²) < 4.78 is 15.1. The number of carbonyl (C=O) groups is 1. The molecule has 2 atom stereocenters. The third-order valence-electron chi connectivity index (χ3n) is 2.95. The van der Waals surface area contributed by atoms with E-state index in [0.29, 0.717) is 12.4 Å². The summed E-state index contributed by atoms with van der Waals surface area (Å²) in [6, 6.07) is 3.11. The summed E-state index contributed by atoms with van der Waals surface area (Å²) >= 11 is 0. The summed E-state index contributed by atoms with van der Waals surface area (Å²) in [7, 11) is 1.29. The maximum absolute atomic E-state index is 11.2. The molecule has 2 rings (SSSR count). The van der Waals surface area contributed by atoms with Crippen LogP contribution in [0.15, 0.2) is 16.5 Å². The van der Waals surface area contributed by atoms with Gasteiger partial charge in [0, 0.05) is 12.5 Å². The zero-order valence-electron chi connectivity index (χ0n) is 9.72. The van der Waals surface area contributed by atoms with E-state index >= 15 is 0 Å². The highest BCUT2D eigenvalue weighted by atomic mass is 16.5. The zero-order valence-corrected chi connectivity index (χ0v) is 9.72. The molecule has 2 heterocycles. The lowest BCUT2D eigenvalue weighted by molar-refractivity contribution is -0.0183. The van der Waals surface area contributed by atoms with E-state index in [4.69, 9.17) is 9.15 Å². The highest BCUT2D eigenvalue weighted by molar-refractivity contribution is 5.86. The van der Waals surface area contributed by atoms with Crippen molar-refractivity contribution < 1.29 is 23.8 Å². The highest BCUT2D eigenvalue weighted by Crippen LogP contribution is 2.29. The molecule has 0 aliphatic carbocycles. The summed E-state index contributed by atoms with van der Waals surface area (Å²) in [5, 5.41) is 10.1. The largest absolute Gasteiger partial charge is 0.463 e. The second-order valence-corrected chi connectivity index (χ2v) is 4.12. The first-order chi connectivity index (χ1) is 8.22. The standard InChI is InChI=1S/C12H16O5/c1-15-12(14)10-5-4-9(17-10)11(13)8-3-2-6-16-7-8/h4-5,8,11,13H,2-3,6-7H2,1H3. The number of ether oxygens (including phenoxy) is 2. The van der Waals surface area contributed by atoms with Crippen LogP contribution in [-0.2, 0) is 9.47 Å². The van der Waals surface area contributed by atoms with Gasteiger partial charge in [-0.05, 0) is 25.0 Å². The van der Waals surface area contributed by atoms with Crippen molar-refractivity contribution in [3.63, 3.8) is 0 Å². The Bertz CT molecular complexity index is 378. The molecule has 0 radical (unpaired) electrons. The molecule has 1 saturated heterocycles. The molecule has 2 unspecified atom stereocenters. The topological polar surface area (TPSA) is 68.9 Å². The lowest BCUT2D eigenvalue weighted by atomic mass is 9.94. The molecule has 5 heteroatoms. The van der Waals surface area contributed by atoms with Crippen molar-refractivity contribution in [2.45, 2.75) is 18.9 Å². The lowest BCUT2D eigenvalue weighted by Crippen LogP contribution is -2.23. The zero-order chi connectivity index (χ0) is 12.3. The molecule has 1 fully saturated rings. The Balaban J connectivity index is 2.05. The van der Waals surface area contributed by atoms with E-state index in [0.717, 1.165) is 19.4 Å². The minimum atomic E-state index is -0.728. The van der Waals surface area contributed by atoms with Crippen LogP contribution in [0.1, 0.15) is 35.3 Å². The van der Waals surface area contributed by atoms with Gasteiger partial charge >= 0.3 is 5.97 Å². The minimum absolute atomic E-state index is 0.0281. The predicted octanol–water partition coefficient (Wildman–Crippen LogP) is 1.53. The van der Waals surface area contributed by atoms with Gasteiger partial charge in [0.1, 0.15) is 11.9 Å². The number of carbonyl (C=O) groups excluding carboxylic acids is 1. The molecule has 0 saturated carbocycles. The second kappa shape index (κ2) is 5.33. The van der Waals surface area contributed by atoms with Crippen molar-refractivity contribution in [1.82, 2.24) is 0 Å². The van der Waals surface area contributed by atoms with Gasteiger partial charge in [0.2, 0.25) is 5.76 Å². The Kier molecular flexibility index (Phi) is 3.81. The molecular formula is C12H16O5. The molecule has 0 amide bonds. The normalized spacial score (nSPS) is 22.1. The van der Waals surface area contributed by atoms with Gasteiger partial charge in [-0.15, -0.1) is 0 Å². The van der Waals surface area contributed by atoms with Gasteiger partial charge in [0.25, 0.3) is 0 Å². The van der Waals surface area contributed by atoms with E-state index in [2.05, 4.69) is 4.74 Å². The number of hydrogen-bond donors (Lipinski definition) is 1. The van der Waals surface area contributed by atoms with Crippen molar-refractivity contribution >= 4 is 5.97 Å². The second-order valence-electron chi connectivity index (χ2n) is 4.12. The predicted molar refractivity (Wildman–Crippen MR) is 58.6 cm³/mol. The third-order valence-corrected chi connectivity index (χ3v) is 2.95. The number of aliphatic hydroxyl groups is 1. The average molecular weight is 240 g/mol. The first-order valence-electron chi connectivity index (χ1n) is 5.66. The van der Waals surface area contributed by atoms with Crippen LogP contribution in [0.4, 0.5) is 0 Å². The molecule has 17 heavy (non-hydrogen) atoms. The molecule has 0 bridgehead atoms.